The lowest BCUT2D eigenvalue weighted by atomic mass is 9.93. The van der Waals surface area contributed by atoms with E-state index < -0.39 is 0 Å². The molecule has 0 atom stereocenters. The number of carbonyl (C=O) groups excluding carboxylic acids is 2. The summed E-state index contributed by atoms with van der Waals surface area (Å²) in [5.74, 6) is 1.17. The van der Waals surface area contributed by atoms with Gasteiger partial charge < -0.3 is 24.3 Å². The molecule has 0 spiro atoms. The van der Waals surface area contributed by atoms with Gasteiger partial charge in [0.1, 0.15) is 23.9 Å². The van der Waals surface area contributed by atoms with Crippen LogP contribution in [0.15, 0.2) is 59.0 Å². The molecule has 3 amide bonds. The van der Waals surface area contributed by atoms with Crippen molar-refractivity contribution in [2.45, 2.75) is 59.5 Å². The lowest BCUT2D eigenvalue weighted by molar-refractivity contribution is -0.133. The molecule has 0 aliphatic carbocycles. The van der Waals surface area contributed by atoms with Gasteiger partial charge in [-0.05, 0) is 59.7 Å². The summed E-state index contributed by atoms with van der Waals surface area (Å²) in [5.41, 5.74) is 3.64. The highest BCUT2D eigenvalue weighted by Gasteiger charge is 2.24. The van der Waals surface area contributed by atoms with Gasteiger partial charge >= 0.3 is 6.03 Å². The molecule has 39 heavy (non-hydrogen) atoms. The number of benzene rings is 2. The molecular weight excluding hydrogens is 497 g/mol. The minimum atomic E-state index is -0.369. The number of furan rings is 1. The Hall–Kier alpha value is -3.65. The molecule has 0 saturated heterocycles. The smallest absolute Gasteiger partial charge is 0.322 e. The number of carbonyl (C=O) groups is 2. The molecule has 0 bridgehead atoms. The number of nitrogens with one attached hydrogen (secondary N) is 1. The summed E-state index contributed by atoms with van der Waals surface area (Å²) >= 11 is 0. The van der Waals surface area contributed by atoms with Crippen molar-refractivity contribution in [3.63, 3.8) is 0 Å². The minimum Gasteiger partial charge on any atom is -0.464 e. The van der Waals surface area contributed by atoms with E-state index in [-0.39, 0.29) is 62.4 Å². The largest absolute Gasteiger partial charge is 0.464 e. The third-order valence-electron chi connectivity index (χ3n) is 6.57. The summed E-state index contributed by atoms with van der Waals surface area (Å²) in [6, 6.07) is 15.4. The number of aryl methyl sites for hydroxylation is 1. The van der Waals surface area contributed by atoms with Crippen molar-refractivity contribution in [1.29, 1.82) is 0 Å². The van der Waals surface area contributed by atoms with Gasteiger partial charge in [0.15, 0.2) is 0 Å². The Morgan fingerprint density at radius 1 is 0.923 bits per heavy atom. The van der Waals surface area contributed by atoms with Gasteiger partial charge in [-0.25, -0.2) is 9.18 Å². The van der Waals surface area contributed by atoms with E-state index in [4.69, 9.17) is 9.15 Å². The van der Waals surface area contributed by atoms with Crippen LogP contribution in [0.3, 0.4) is 0 Å². The number of nitrogens with zero attached hydrogens (tertiary/aromatic N) is 2. The van der Waals surface area contributed by atoms with E-state index in [0.29, 0.717) is 5.76 Å². The molecule has 3 rings (SSSR count). The first kappa shape index (κ1) is 29.9. The van der Waals surface area contributed by atoms with E-state index in [0.717, 1.165) is 28.1 Å². The molecule has 0 aliphatic rings. The molecule has 0 unspecified atom stereocenters. The summed E-state index contributed by atoms with van der Waals surface area (Å²) < 4.78 is 24.5. The average molecular weight is 538 g/mol. The van der Waals surface area contributed by atoms with Crippen LogP contribution in [0, 0.1) is 12.7 Å². The van der Waals surface area contributed by atoms with E-state index in [9.17, 15) is 14.0 Å². The van der Waals surface area contributed by atoms with Crippen LogP contribution in [0.5, 0.6) is 0 Å². The van der Waals surface area contributed by atoms with Crippen LogP contribution in [-0.4, -0.2) is 48.5 Å². The topological polar surface area (TPSA) is 75.0 Å². The van der Waals surface area contributed by atoms with E-state index in [1.807, 2.05) is 37.3 Å². The summed E-state index contributed by atoms with van der Waals surface area (Å²) in [6.45, 7) is 11.0. The number of rotatable bonds is 12. The van der Waals surface area contributed by atoms with Crippen molar-refractivity contribution in [2.75, 3.05) is 32.1 Å². The van der Waals surface area contributed by atoms with Crippen LogP contribution >= 0.6 is 0 Å². The molecule has 2 aromatic carbocycles. The van der Waals surface area contributed by atoms with Gasteiger partial charge in [0.2, 0.25) is 5.91 Å². The lowest BCUT2D eigenvalue weighted by Crippen LogP contribution is -2.45. The van der Waals surface area contributed by atoms with Gasteiger partial charge in [0.05, 0.1) is 13.2 Å². The van der Waals surface area contributed by atoms with Crippen molar-refractivity contribution in [3.05, 3.63) is 88.6 Å². The number of hydrogen-bond acceptors (Lipinski definition) is 4. The minimum absolute atomic E-state index is 0.156. The van der Waals surface area contributed by atoms with Gasteiger partial charge in [-0.1, -0.05) is 58.0 Å². The van der Waals surface area contributed by atoms with E-state index in [1.165, 1.54) is 17.0 Å². The molecule has 1 heterocycles. The second kappa shape index (κ2) is 13.9. The summed E-state index contributed by atoms with van der Waals surface area (Å²) in [4.78, 5) is 30.3. The maximum absolute atomic E-state index is 13.7. The molecule has 7 nitrogen and oxygen atoms in total. The van der Waals surface area contributed by atoms with Crippen LogP contribution in [0.2, 0.25) is 0 Å². The maximum Gasteiger partial charge on any atom is 0.322 e. The van der Waals surface area contributed by atoms with Crippen molar-refractivity contribution < 1.29 is 23.1 Å². The average Bonchev–Trinajstić information content (AvgIpc) is 3.31. The Morgan fingerprint density at radius 2 is 1.56 bits per heavy atom. The van der Waals surface area contributed by atoms with Crippen molar-refractivity contribution in [3.8, 4) is 0 Å². The first-order valence-corrected chi connectivity index (χ1v) is 13.3. The Labute approximate surface area is 230 Å². The zero-order valence-corrected chi connectivity index (χ0v) is 23.8. The molecule has 1 aromatic heterocycles. The molecular formula is C31H40FN3O4. The number of methoxy groups -OCH3 is 1. The number of para-hydroxylation sites is 1. The molecule has 8 heteroatoms. The monoisotopic (exact) mass is 537 g/mol. The number of anilines is 1. The predicted octanol–water partition coefficient (Wildman–Crippen LogP) is 6.68. The summed E-state index contributed by atoms with van der Waals surface area (Å²) in [6.07, 6.45) is 0. The third kappa shape index (κ3) is 8.42. The maximum atomic E-state index is 13.7. The molecule has 0 fully saturated rings. The van der Waals surface area contributed by atoms with Crippen LogP contribution in [-0.2, 0) is 22.6 Å². The van der Waals surface area contributed by atoms with Crippen LogP contribution < -0.4 is 5.32 Å². The normalized spacial score (nSPS) is 11.2. The Balaban J connectivity index is 1.86. The Bertz CT molecular complexity index is 1210. The summed E-state index contributed by atoms with van der Waals surface area (Å²) in [5, 5.41) is 3.10. The predicted molar refractivity (Wildman–Crippen MR) is 151 cm³/mol. The molecule has 0 aliphatic heterocycles. The molecule has 0 saturated carbocycles. The molecule has 1 N–H and O–H groups in total. The fourth-order valence-electron chi connectivity index (χ4n) is 4.40. The summed E-state index contributed by atoms with van der Waals surface area (Å²) in [7, 11) is 1.56. The quantitative estimate of drug-likeness (QED) is 0.280. The van der Waals surface area contributed by atoms with Gasteiger partial charge in [0.25, 0.3) is 0 Å². The standard InChI is InChI=1S/C31H40FN3O4/c1-21(2)27-8-7-9-28(22(3)4)30(27)33-31(37)34(16-17-38-6)20-29(36)35(19-26-15-10-23(5)39-26)18-24-11-13-25(32)14-12-24/h7-15,21-22H,16-20H2,1-6H3,(H,33,37). The van der Waals surface area contributed by atoms with Crippen molar-refractivity contribution >= 4 is 17.6 Å². The second-order valence-electron chi connectivity index (χ2n) is 10.4. The van der Waals surface area contributed by atoms with Gasteiger partial charge in [-0.15, -0.1) is 0 Å². The zero-order chi connectivity index (χ0) is 28.5. The van der Waals surface area contributed by atoms with Crippen molar-refractivity contribution in [2.24, 2.45) is 0 Å². The third-order valence-corrected chi connectivity index (χ3v) is 6.57. The van der Waals surface area contributed by atoms with Gasteiger partial charge in [0, 0.05) is 25.9 Å². The van der Waals surface area contributed by atoms with Crippen LogP contribution in [0.4, 0.5) is 14.9 Å². The highest BCUT2D eigenvalue weighted by atomic mass is 19.1. The zero-order valence-electron chi connectivity index (χ0n) is 23.8. The number of halogens is 1. The number of urea groups is 1. The molecule has 3 aromatic rings. The van der Waals surface area contributed by atoms with E-state index in [1.54, 1.807) is 24.1 Å². The fraction of sp³-hybridized carbons (Fsp3) is 0.419. The van der Waals surface area contributed by atoms with E-state index >= 15 is 0 Å². The highest BCUT2D eigenvalue weighted by Crippen LogP contribution is 2.32. The Kier molecular flexibility index (Phi) is 10.7. The van der Waals surface area contributed by atoms with Gasteiger partial charge in [-0.3, -0.25) is 4.79 Å². The SMILES string of the molecule is COCCN(CC(=O)N(Cc1ccc(F)cc1)Cc1ccc(C)o1)C(=O)Nc1c(C(C)C)cccc1C(C)C. The van der Waals surface area contributed by atoms with Gasteiger partial charge in [-0.2, -0.15) is 0 Å². The highest BCUT2D eigenvalue weighted by molar-refractivity contribution is 5.94. The van der Waals surface area contributed by atoms with Crippen LogP contribution in [0.1, 0.15) is 67.7 Å². The van der Waals surface area contributed by atoms with Crippen molar-refractivity contribution in [1.82, 2.24) is 9.80 Å². The number of ether oxygens (including phenoxy) is 1. The Morgan fingerprint density at radius 3 is 2.10 bits per heavy atom. The first-order valence-electron chi connectivity index (χ1n) is 13.3. The molecule has 0 radical (unpaired) electrons. The second-order valence-corrected chi connectivity index (χ2v) is 10.4. The van der Waals surface area contributed by atoms with E-state index in [2.05, 4.69) is 33.0 Å². The fourth-order valence-corrected chi connectivity index (χ4v) is 4.40. The first-order chi connectivity index (χ1) is 18.6. The molecule has 210 valence electrons. The number of amides is 3. The number of hydrogen-bond donors (Lipinski definition) is 1. The lowest BCUT2D eigenvalue weighted by Gasteiger charge is -2.28. The van der Waals surface area contributed by atoms with Crippen LogP contribution in [0.25, 0.3) is 0 Å².